The first-order chi connectivity index (χ1) is 7.16. The first-order valence-corrected chi connectivity index (χ1v) is 8.55. The maximum atomic E-state index is 5.80. The van der Waals surface area contributed by atoms with Crippen molar-refractivity contribution in [2.24, 2.45) is 0 Å². The van der Waals surface area contributed by atoms with Crippen molar-refractivity contribution in [3.05, 3.63) is 0 Å². The third-order valence-corrected chi connectivity index (χ3v) is 7.22. The Kier molecular flexibility index (Phi) is 8.84. The van der Waals surface area contributed by atoms with Crippen molar-refractivity contribution in [2.45, 2.75) is 39.5 Å². The third-order valence-electron chi connectivity index (χ3n) is 1.95. The van der Waals surface area contributed by atoms with E-state index in [0.29, 0.717) is 24.7 Å². The molecule has 0 amide bonds. The van der Waals surface area contributed by atoms with E-state index in [0.717, 1.165) is 5.75 Å². The fraction of sp³-hybridized carbons (Fsp3) is 1.00. The summed E-state index contributed by atoms with van der Waals surface area (Å²) in [5, 5.41) is 0. The maximum absolute atomic E-state index is 5.80. The van der Waals surface area contributed by atoms with Crippen molar-refractivity contribution >= 4 is 20.6 Å². The molecule has 0 aliphatic rings. The van der Waals surface area contributed by atoms with E-state index in [9.17, 15) is 0 Å². The van der Waals surface area contributed by atoms with Crippen LogP contribution < -0.4 is 0 Å². The highest BCUT2D eigenvalue weighted by molar-refractivity contribution is 8.01. The molecule has 0 heterocycles. The summed E-state index contributed by atoms with van der Waals surface area (Å²) < 4.78 is 17.4. The summed E-state index contributed by atoms with van der Waals surface area (Å²) in [4.78, 5) is 0.308. The van der Waals surface area contributed by atoms with E-state index >= 15 is 0 Å². The van der Waals surface area contributed by atoms with E-state index in [1.165, 1.54) is 0 Å². The van der Waals surface area contributed by atoms with Gasteiger partial charge in [0.1, 0.15) is 0 Å². The summed E-state index contributed by atoms with van der Waals surface area (Å²) in [7, 11) is -2.46. The van der Waals surface area contributed by atoms with Crippen LogP contribution in [0.25, 0.3) is 0 Å². The van der Waals surface area contributed by atoms with Gasteiger partial charge in [-0.1, -0.05) is 6.92 Å². The minimum Gasteiger partial charge on any atom is -0.373 e. The van der Waals surface area contributed by atoms with Crippen molar-refractivity contribution in [3.8, 4) is 0 Å². The summed E-state index contributed by atoms with van der Waals surface area (Å²) in [5.41, 5.74) is 0. The van der Waals surface area contributed by atoms with Gasteiger partial charge in [-0.15, -0.1) is 0 Å². The fourth-order valence-electron chi connectivity index (χ4n) is 1.43. The van der Waals surface area contributed by atoms with Crippen LogP contribution in [-0.2, 0) is 13.3 Å². The van der Waals surface area contributed by atoms with Crippen LogP contribution in [0.2, 0.25) is 0 Å². The zero-order valence-electron chi connectivity index (χ0n) is 10.5. The molecule has 0 saturated carbocycles. The van der Waals surface area contributed by atoms with Gasteiger partial charge < -0.3 is 13.3 Å². The van der Waals surface area contributed by atoms with Gasteiger partial charge in [-0.3, -0.25) is 0 Å². The SMILES string of the molecule is CCO[Si](OCC)(OCC)C(C)SCC. The Morgan fingerprint density at radius 3 is 1.60 bits per heavy atom. The van der Waals surface area contributed by atoms with E-state index in [2.05, 4.69) is 13.8 Å². The number of hydrogen-bond donors (Lipinski definition) is 0. The van der Waals surface area contributed by atoms with Crippen molar-refractivity contribution in [1.82, 2.24) is 0 Å². The Labute approximate surface area is 99.2 Å². The summed E-state index contributed by atoms with van der Waals surface area (Å²) in [5.74, 6) is 1.06. The molecule has 0 N–H and O–H groups in total. The zero-order valence-corrected chi connectivity index (χ0v) is 12.4. The first-order valence-electron chi connectivity index (χ1n) is 5.70. The molecule has 1 atom stereocenters. The molecule has 0 aromatic heterocycles. The van der Waals surface area contributed by atoms with Gasteiger partial charge in [-0.25, -0.2) is 0 Å². The van der Waals surface area contributed by atoms with Gasteiger partial charge in [-0.05, 0) is 33.4 Å². The van der Waals surface area contributed by atoms with Crippen LogP contribution in [-0.4, -0.2) is 39.3 Å². The molecule has 3 nitrogen and oxygen atoms in total. The first kappa shape index (κ1) is 15.4. The predicted octanol–water partition coefficient (Wildman–Crippen LogP) is 2.72. The van der Waals surface area contributed by atoms with Crippen LogP contribution in [0.15, 0.2) is 0 Å². The monoisotopic (exact) mass is 252 g/mol. The molecule has 0 saturated heterocycles. The van der Waals surface area contributed by atoms with Crippen LogP contribution in [0.3, 0.4) is 0 Å². The molecular formula is C10H24O3SSi. The lowest BCUT2D eigenvalue weighted by Crippen LogP contribution is -2.54. The Morgan fingerprint density at radius 2 is 1.33 bits per heavy atom. The largest absolute Gasteiger partial charge is 0.514 e. The lowest BCUT2D eigenvalue weighted by Gasteiger charge is -2.32. The van der Waals surface area contributed by atoms with E-state index in [4.69, 9.17) is 13.3 Å². The Balaban J connectivity index is 4.57. The number of thioether (sulfide) groups is 1. The molecule has 0 aromatic rings. The van der Waals surface area contributed by atoms with E-state index < -0.39 is 8.80 Å². The summed E-state index contributed by atoms with van der Waals surface area (Å²) in [6.45, 7) is 12.2. The molecule has 0 spiro atoms. The summed E-state index contributed by atoms with van der Waals surface area (Å²) in [6.07, 6.45) is 0. The second-order valence-electron chi connectivity index (χ2n) is 3.00. The Hall–Kier alpha value is 0.447. The lowest BCUT2D eigenvalue weighted by molar-refractivity contribution is 0.0708. The summed E-state index contributed by atoms with van der Waals surface area (Å²) in [6, 6.07) is 0. The van der Waals surface area contributed by atoms with Gasteiger partial charge in [0.05, 0.1) is 4.87 Å². The van der Waals surface area contributed by atoms with Crippen LogP contribution in [0.5, 0.6) is 0 Å². The van der Waals surface area contributed by atoms with Gasteiger partial charge in [0.15, 0.2) is 0 Å². The fourth-order valence-corrected chi connectivity index (χ4v) is 6.02. The molecule has 1 unspecified atom stereocenters. The van der Waals surface area contributed by atoms with E-state index in [-0.39, 0.29) is 0 Å². The highest BCUT2D eigenvalue weighted by Crippen LogP contribution is 2.25. The Bertz CT molecular complexity index is 141. The third kappa shape index (κ3) is 4.87. The molecule has 5 heteroatoms. The molecule has 0 aromatic carbocycles. The highest BCUT2D eigenvalue weighted by Gasteiger charge is 2.46. The van der Waals surface area contributed by atoms with Crippen LogP contribution in [0, 0.1) is 0 Å². The zero-order chi connectivity index (χ0) is 11.7. The molecule has 0 radical (unpaired) electrons. The smallest absolute Gasteiger partial charge is 0.373 e. The molecule has 0 bridgehead atoms. The molecule has 0 rings (SSSR count). The predicted molar refractivity (Wildman–Crippen MR) is 68.2 cm³/mol. The summed E-state index contributed by atoms with van der Waals surface area (Å²) >= 11 is 1.84. The van der Waals surface area contributed by atoms with Crippen molar-refractivity contribution in [1.29, 1.82) is 0 Å². The second-order valence-corrected chi connectivity index (χ2v) is 7.98. The highest BCUT2D eigenvalue weighted by atomic mass is 32.2. The minimum absolute atomic E-state index is 0.308. The normalized spacial score (nSPS) is 14.2. The van der Waals surface area contributed by atoms with Gasteiger partial charge >= 0.3 is 8.80 Å². The van der Waals surface area contributed by atoms with Gasteiger partial charge in [0.25, 0.3) is 0 Å². The van der Waals surface area contributed by atoms with Crippen LogP contribution >= 0.6 is 11.8 Å². The van der Waals surface area contributed by atoms with E-state index in [1.54, 1.807) is 0 Å². The minimum atomic E-state index is -2.46. The topological polar surface area (TPSA) is 27.7 Å². The van der Waals surface area contributed by atoms with E-state index in [1.807, 2.05) is 32.5 Å². The molecule has 92 valence electrons. The van der Waals surface area contributed by atoms with Crippen molar-refractivity contribution in [2.75, 3.05) is 25.6 Å². The molecule has 15 heavy (non-hydrogen) atoms. The van der Waals surface area contributed by atoms with Gasteiger partial charge in [0, 0.05) is 19.8 Å². The molecular weight excluding hydrogens is 228 g/mol. The van der Waals surface area contributed by atoms with Crippen molar-refractivity contribution < 1.29 is 13.3 Å². The van der Waals surface area contributed by atoms with Crippen molar-refractivity contribution in [3.63, 3.8) is 0 Å². The number of hydrogen-bond acceptors (Lipinski definition) is 4. The van der Waals surface area contributed by atoms with Gasteiger partial charge in [0.2, 0.25) is 0 Å². The quantitative estimate of drug-likeness (QED) is 0.590. The maximum Gasteiger partial charge on any atom is 0.514 e. The molecule has 0 fully saturated rings. The second kappa shape index (κ2) is 8.58. The van der Waals surface area contributed by atoms with Crippen LogP contribution in [0.4, 0.5) is 0 Å². The lowest BCUT2D eigenvalue weighted by atomic mass is 10.9. The molecule has 0 aliphatic carbocycles. The van der Waals surface area contributed by atoms with Crippen LogP contribution in [0.1, 0.15) is 34.6 Å². The standard InChI is InChI=1S/C10H24O3SSi/c1-6-11-15(12-7-2,13-8-3)10(5)14-9-4/h10H,6-9H2,1-5H3. The molecule has 0 aliphatic heterocycles. The number of rotatable bonds is 9. The van der Waals surface area contributed by atoms with Gasteiger partial charge in [-0.2, -0.15) is 11.8 Å². The average Bonchev–Trinajstić information content (AvgIpc) is 2.19. The average molecular weight is 252 g/mol. The Morgan fingerprint density at radius 1 is 0.933 bits per heavy atom.